The fraction of sp³-hybridized carbons (Fsp3) is 0.429. The maximum absolute atomic E-state index is 6.43. The third-order valence-electron chi connectivity index (χ3n) is 3.87. The quantitative estimate of drug-likeness (QED) is 0.739. The van der Waals surface area contributed by atoms with E-state index in [1.165, 1.54) is 29.3 Å². The Morgan fingerprint density at radius 3 is 2.76 bits per heavy atom. The van der Waals surface area contributed by atoms with Crippen LogP contribution in [0.2, 0.25) is 0 Å². The standard InChI is InChI=1S/C14H19N3/c15-14(10-5-7-16-8-6-10)12-9-17-13-4-2-1-3-11(12)13/h1-4,9-10,14,16-17H,5-8,15H2/t14-/m1/s1. The van der Waals surface area contributed by atoms with Crippen LogP contribution in [0.4, 0.5) is 0 Å². The number of benzene rings is 1. The van der Waals surface area contributed by atoms with E-state index in [1.54, 1.807) is 0 Å². The van der Waals surface area contributed by atoms with Gasteiger partial charge in [0, 0.05) is 23.1 Å². The minimum atomic E-state index is 0.160. The van der Waals surface area contributed by atoms with Crippen molar-refractivity contribution < 1.29 is 0 Å². The summed E-state index contributed by atoms with van der Waals surface area (Å²) < 4.78 is 0. The van der Waals surface area contributed by atoms with Gasteiger partial charge in [-0.3, -0.25) is 0 Å². The van der Waals surface area contributed by atoms with E-state index in [9.17, 15) is 0 Å². The maximum Gasteiger partial charge on any atom is 0.0457 e. The van der Waals surface area contributed by atoms with Gasteiger partial charge in [0.1, 0.15) is 0 Å². The second kappa shape index (κ2) is 4.51. The Kier molecular flexibility index (Phi) is 2.87. The van der Waals surface area contributed by atoms with E-state index >= 15 is 0 Å². The molecule has 1 aliphatic heterocycles. The van der Waals surface area contributed by atoms with Crippen molar-refractivity contribution in [3.63, 3.8) is 0 Å². The van der Waals surface area contributed by atoms with Crippen molar-refractivity contribution >= 4 is 10.9 Å². The van der Waals surface area contributed by atoms with Crippen LogP contribution in [0.3, 0.4) is 0 Å². The number of piperidine rings is 1. The highest BCUT2D eigenvalue weighted by molar-refractivity contribution is 5.83. The molecule has 3 nitrogen and oxygen atoms in total. The Labute approximate surface area is 101 Å². The SMILES string of the molecule is N[C@@H](c1c[nH]c2ccccc12)C1CCNCC1. The molecule has 17 heavy (non-hydrogen) atoms. The highest BCUT2D eigenvalue weighted by atomic mass is 14.9. The molecule has 0 saturated carbocycles. The van der Waals surface area contributed by atoms with Gasteiger partial charge >= 0.3 is 0 Å². The topological polar surface area (TPSA) is 53.8 Å². The van der Waals surface area contributed by atoms with E-state index < -0.39 is 0 Å². The van der Waals surface area contributed by atoms with Crippen LogP contribution >= 0.6 is 0 Å². The molecule has 90 valence electrons. The first-order chi connectivity index (χ1) is 8.36. The van der Waals surface area contributed by atoms with Gasteiger partial charge in [-0.1, -0.05) is 18.2 Å². The van der Waals surface area contributed by atoms with Crippen LogP contribution < -0.4 is 11.1 Å². The second-order valence-corrected chi connectivity index (χ2v) is 4.90. The first-order valence-electron chi connectivity index (χ1n) is 6.38. The number of aromatic nitrogens is 1. The molecule has 0 spiro atoms. The van der Waals surface area contributed by atoms with Gasteiger partial charge in [-0.2, -0.15) is 0 Å². The summed E-state index contributed by atoms with van der Waals surface area (Å²) in [6.07, 6.45) is 4.44. The van der Waals surface area contributed by atoms with Crippen LogP contribution in [-0.4, -0.2) is 18.1 Å². The van der Waals surface area contributed by atoms with Crippen molar-refractivity contribution in [2.75, 3.05) is 13.1 Å². The van der Waals surface area contributed by atoms with Gasteiger partial charge < -0.3 is 16.0 Å². The van der Waals surface area contributed by atoms with E-state index in [0.29, 0.717) is 5.92 Å². The van der Waals surface area contributed by atoms with Gasteiger partial charge in [0.05, 0.1) is 0 Å². The van der Waals surface area contributed by atoms with Crippen LogP contribution in [0.15, 0.2) is 30.5 Å². The van der Waals surface area contributed by atoms with Crippen LogP contribution in [0, 0.1) is 5.92 Å². The predicted molar refractivity (Wildman–Crippen MR) is 70.8 cm³/mol. The van der Waals surface area contributed by atoms with E-state index in [2.05, 4.69) is 40.8 Å². The number of hydrogen-bond acceptors (Lipinski definition) is 2. The molecule has 0 unspecified atom stereocenters. The van der Waals surface area contributed by atoms with Crippen molar-refractivity contribution in [1.29, 1.82) is 0 Å². The van der Waals surface area contributed by atoms with E-state index in [-0.39, 0.29) is 6.04 Å². The largest absolute Gasteiger partial charge is 0.361 e. The molecule has 0 bridgehead atoms. The lowest BCUT2D eigenvalue weighted by molar-refractivity contribution is 0.323. The number of nitrogens with two attached hydrogens (primary N) is 1. The van der Waals surface area contributed by atoms with Gasteiger partial charge in [0.15, 0.2) is 0 Å². The number of fused-ring (bicyclic) bond motifs is 1. The molecule has 0 radical (unpaired) electrons. The molecule has 1 fully saturated rings. The Morgan fingerprint density at radius 2 is 1.94 bits per heavy atom. The average molecular weight is 229 g/mol. The first-order valence-corrected chi connectivity index (χ1v) is 6.38. The highest BCUT2D eigenvalue weighted by Crippen LogP contribution is 2.31. The van der Waals surface area contributed by atoms with Crippen LogP contribution in [0.1, 0.15) is 24.4 Å². The van der Waals surface area contributed by atoms with Crippen LogP contribution in [0.25, 0.3) is 10.9 Å². The Balaban J connectivity index is 1.92. The maximum atomic E-state index is 6.43. The number of H-pyrrole nitrogens is 1. The monoisotopic (exact) mass is 229 g/mol. The van der Waals surface area contributed by atoms with Crippen LogP contribution in [0.5, 0.6) is 0 Å². The molecule has 1 aliphatic rings. The molecule has 2 heterocycles. The molecule has 2 aromatic rings. The summed E-state index contributed by atoms with van der Waals surface area (Å²) in [4.78, 5) is 3.31. The van der Waals surface area contributed by atoms with Gasteiger partial charge in [0.2, 0.25) is 0 Å². The molecule has 1 aromatic carbocycles. The lowest BCUT2D eigenvalue weighted by Crippen LogP contribution is -2.33. The molecule has 3 heteroatoms. The van der Waals surface area contributed by atoms with Gasteiger partial charge in [-0.05, 0) is 43.5 Å². The summed E-state index contributed by atoms with van der Waals surface area (Å²) in [5.74, 6) is 0.607. The van der Waals surface area contributed by atoms with Crippen molar-refractivity contribution in [1.82, 2.24) is 10.3 Å². The van der Waals surface area contributed by atoms with E-state index in [4.69, 9.17) is 5.73 Å². The molecule has 1 aromatic heterocycles. The zero-order valence-corrected chi connectivity index (χ0v) is 9.95. The van der Waals surface area contributed by atoms with Crippen molar-refractivity contribution in [3.8, 4) is 0 Å². The summed E-state index contributed by atoms with van der Waals surface area (Å²) >= 11 is 0. The predicted octanol–water partition coefficient (Wildman–Crippen LogP) is 2.17. The number of aromatic amines is 1. The van der Waals surface area contributed by atoms with E-state index in [1.807, 2.05) is 0 Å². The number of hydrogen-bond donors (Lipinski definition) is 3. The number of rotatable bonds is 2. The molecule has 1 saturated heterocycles. The van der Waals surface area contributed by atoms with Gasteiger partial charge in [0.25, 0.3) is 0 Å². The number of nitrogens with one attached hydrogen (secondary N) is 2. The molecule has 0 amide bonds. The fourth-order valence-electron chi connectivity index (χ4n) is 2.83. The molecular weight excluding hydrogens is 210 g/mol. The zero-order valence-electron chi connectivity index (χ0n) is 9.95. The lowest BCUT2D eigenvalue weighted by atomic mass is 9.86. The second-order valence-electron chi connectivity index (χ2n) is 4.90. The lowest BCUT2D eigenvalue weighted by Gasteiger charge is -2.28. The first kappa shape index (κ1) is 10.8. The number of para-hydroxylation sites is 1. The molecular formula is C14H19N3. The Hall–Kier alpha value is -1.32. The zero-order chi connectivity index (χ0) is 11.7. The summed E-state index contributed by atoms with van der Waals surface area (Å²) in [7, 11) is 0. The third kappa shape index (κ3) is 1.96. The minimum Gasteiger partial charge on any atom is -0.361 e. The normalized spacial score (nSPS) is 19.6. The van der Waals surface area contributed by atoms with Crippen molar-refractivity contribution in [2.45, 2.75) is 18.9 Å². The van der Waals surface area contributed by atoms with Crippen molar-refractivity contribution in [2.24, 2.45) is 11.7 Å². The fourth-order valence-corrected chi connectivity index (χ4v) is 2.83. The summed E-state index contributed by atoms with van der Waals surface area (Å²) in [5.41, 5.74) is 8.89. The summed E-state index contributed by atoms with van der Waals surface area (Å²) in [6, 6.07) is 8.55. The molecule has 4 N–H and O–H groups in total. The Morgan fingerprint density at radius 1 is 1.18 bits per heavy atom. The van der Waals surface area contributed by atoms with Crippen LogP contribution in [-0.2, 0) is 0 Å². The minimum absolute atomic E-state index is 0.160. The smallest absolute Gasteiger partial charge is 0.0457 e. The van der Waals surface area contributed by atoms with E-state index in [0.717, 1.165) is 13.1 Å². The molecule has 0 aliphatic carbocycles. The average Bonchev–Trinajstić information content (AvgIpc) is 2.83. The van der Waals surface area contributed by atoms with Gasteiger partial charge in [-0.15, -0.1) is 0 Å². The van der Waals surface area contributed by atoms with Crippen molar-refractivity contribution in [3.05, 3.63) is 36.0 Å². The molecule has 1 atom stereocenters. The Bertz CT molecular complexity index is 497. The summed E-state index contributed by atoms with van der Waals surface area (Å²) in [5, 5.41) is 4.67. The third-order valence-corrected chi connectivity index (χ3v) is 3.87. The highest BCUT2D eigenvalue weighted by Gasteiger charge is 2.23. The van der Waals surface area contributed by atoms with Gasteiger partial charge in [-0.25, -0.2) is 0 Å². The summed E-state index contributed by atoms with van der Waals surface area (Å²) in [6.45, 7) is 2.20. The molecule has 3 rings (SSSR count).